The number of halogens is 2. The minimum Gasteiger partial charge on any atom is -0.378 e. The van der Waals surface area contributed by atoms with Gasteiger partial charge in [0.05, 0.1) is 22.8 Å². The molecule has 0 amide bonds. The van der Waals surface area contributed by atoms with Crippen molar-refractivity contribution >= 4 is 23.2 Å². The van der Waals surface area contributed by atoms with Crippen LogP contribution in [-0.4, -0.2) is 19.3 Å². The fourth-order valence-corrected chi connectivity index (χ4v) is 3.02. The highest BCUT2D eigenvalue weighted by atomic mass is 35.5. The van der Waals surface area contributed by atoms with Crippen LogP contribution in [0.15, 0.2) is 18.2 Å². The van der Waals surface area contributed by atoms with E-state index >= 15 is 0 Å². The molecule has 1 fully saturated rings. The van der Waals surface area contributed by atoms with E-state index < -0.39 is 0 Å². The van der Waals surface area contributed by atoms with Gasteiger partial charge in [0.2, 0.25) is 0 Å². The van der Waals surface area contributed by atoms with Gasteiger partial charge < -0.3 is 10.1 Å². The average Bonchev–Trinajstić information content (AvgIpc) is 2.77. The number of ether oxygens (including phenoxy) is 1. The van der Waals surface area contributed by atoms with Crippen molar-refractivity contribution in [3.63, 3.8) is 0 Å². The summed E-state index contributed by atoms with van der Waals surface area (Å²) in [7, 11) is 0. The van der Waals surface area contributed by atoms with E-state index in [-0.39, 0.29) is 6.04 Å². The van der Waals surface area contributed by atoms with Crippen molar-refractivity contribution in [3.05, 3.63) is 33.8 Å². The predicted octanol–water partition coefficient (Wildman–Crippen LogP) is 4.07. The van der Waals surface area contributed by atoms with Crippen molar-refractivity contribution < 1.29 is 4.74 Å². The molecule has 0 aromatic heterocycles. The molecule has 0 spiro atoms. The molecule has 0 radical (unpaired) electrons. The molecule has 0 saturated carbocycles. The Morgan fingerprint density at radius 3 is 2.83 bits per heavy atom. The highest BCUT2D eigenvalue weighted by Gasteiger charge is 2.31. The van der Waals surface area contributed by atoms with Gasteiger partial charge in [-0.05, 0) is 31.5 Å². The second kappa shape index (κ2) is 6.25. The first-order chi connectivity index (χ1) is 8.63. The minimum absolute atomic E-state index is 0.214. The molecule has 1 heterocycles. The van der Waals surface area contributed by atoms with Crippen molar-refractivity contribution in [2.75, 3.05) is 13.2 Å². The summed E-state index contributed by atoms with van der Waals surface area (Å²) in [6, 6.07) is 6.04. The van der Waals surface area contributed by atoms with E-state index in [0.29, 0.717) is 22.1 Å². The zero-order chi connectivity index (χ0) is 13.1. The first-order valence-electron chi connectivity index (χ1n) is 6.42. The molecular formula is C14H19Cl2NO. The molecular weight excluding hydrogens is 269 g/mol. The van der Waals surface area contributed by atoms with Crippen LogP contribution in [-0.2, 0) is 4.74 Å². The molecule has 1 aromatic carbocycles. The summed E-state index contributed by atoms with van der Waals surface area (Å²) in [5.74, 6) is 0.455. The zero-order valence-corrected chi connectivity index (χ0v) is 12.3. The summed E-state index contributed by atoms with van der Waals surface area (Å²) >= 11 is 12.4. The van der Waals surface area contributed by atoms with Crippen LogP contribution in [0.1, 0.15) is 31.9 Å². The third-order valence-corrected chi connectivity index (χ3v) is 4.27. The summed E-state index contributed by atoms with van der Waals surface area (Å²) in [6.45, 7) is 5.90. The summed E-state index contributed by atoms with van der Waals surface area (Å²) in [5, 5.41) is 4.78. The molecule has 3 atom stereocenters. The molecule has 1 aromatic rings. The Morgan fingerprint density at radius 2 is 2.22 bits per heavy atom. The maximum atomic E-state index is 6.33. The fraction of sp³-hybridized carbons (Fsp3) is 0.571. The van der Waals surface area contributed by atoms with Crippen LogP contribution in [0.3, 0.4) is 0 Å². The van der Waals surface area contributed by atoms with E-state index in [2.05, 4.69) is 19.2 Å². The van der Waals surface area contributed by atoms with Crippen LogP contribution < -0.4 is 5.32 Å². The molecule has 4 heteroatoms. The maximum Gasteiger partial charge on any atom is 0.0640 e. The molecule has 1 aliphatic heterocycles. The first-order valence-corrected chi connectivity index (χ1v) is 7.18. The Morgan fingerprint density at radius 1 is 1.44 bits per heavy atom. The first kappa shape index (κ1) is 14.1. The van der Waals surface area contributed by atoms with Crippen LogP contribution in [0.4, 0.5) is 0 Å². The van der Waals surface area contributed by atoms with E-state index in [1.165, 1.54) is 0 Å². The van der Waals surface area contributed by atoms with Crippen molar-refractivity contribution in [2.24, 2.45) is 5.92 Å². The standard InChI is InChI=1S/C14H19Cl2NO/c1-3-17-14(10-7-9(2)18-8-10)11-5-4-6-12(15)13(11)16/h4-6,9-10,14,17H,3,7-8H2,1-2H3. The fourth-order valence-electron chi connectivity index (χ4n) is 2.59. The maximum absolute atomic E-state index is 6.33. The number of nitrogens with one attached hydrogen (secondary N) is 1. The van der Waals surface area contributed by atoms with Gasteiger partial charge in [-0.1, -0.05) is 42.3 Å². The predicted molar refractivity (Wildman–Crippen MR) is 76.4 cm³/mol. The van der Waals surface area contributed by atoms with E-state index in [1.54, 1.807) is 0 Å². The van der Waals surface area contributed by atoms with Gasteiger partial charge in [0, 0.05) is 12.0 Å². The van der Waals surface area contributed by atoms with E-state index in [1.807, 2.05) is 18.2 Å². The van der Waals surface area contributed by atoms with Crippen LogP contribution in [0.2, 0.25) is 10.0 Å². The summed E-state index contributed by atoms with van der Waals surface area (Å²) in [4.78, 5) is 0. The topological polar surface area (TPSA) is 21.3 Å². The normalized spacial score (nSPS) is 25.3. The molecule has 2 nitrogen and oxygen atoms in total. The summed E-state index contributed by atoms with van der Waals surface area (Å²) in [6.07, 6.45) is 1.38. The number of hydrogen-bond acceptors (Lipinski definition) is 2. The van der Waals surface area contributed by atoms with E-state index in [4.69, 9.17) is 27.9 Å². The third-order valence-electron chi connectivity index (χ3n) is 3.44. The Balaban J connectivity index is 2.26. The molecule has 1 N–H and O–H groups in total. The number of rotatable bonds is 4. The largest absolute Gasteiger partial charge is 0.378 e. The highest BCUT2D eigenvalue weighted by Crippen LogP contribution is 2.37. The molecule has 0 bridgehead atoms. The Hall–Kier alpha value is -0.280. The van der Waals surface area contributed by atoms with Crippen LogP contribution in [0, 0.1) is 5.92 Å². The minimum atomic E-state index is 0.214. The lowest BCUT2D eigenvalue weighted by atomic mass is 9.91. The van der Waals surface area contributed by atoms with Crippen LogP contribution in [0.25, 0.3) is 0 Å². The quantitative estimate of drug-likeness (QED) is 0.901. The Bertz CT molecular complexity index is 411. The lowest BCUT2D eigenvalue weighted by Crippen LogP contribution is -2.29. The van der Waals surface area contributed by atoms with Crippen molar-refractivity contribution in [2.45, 2.75) is 32.4 Å². The lowest BCUT2D eigenvalue weighted by molar-refractivity contribution is 0.117. The molecule has 1 saturated heterocycles. The second-order valence-electron chi connectivity index (χ2n) is 4.82. The van der Waals surface area contributed by atoms with Crippen molar-refractivity contribution in [1.29, 1.82) is 0 Å². The van der Waals surface area contributed by atoms with Crippen molar-refractivity contribution in [3.8, 4) is 0 Å². The lowest BCUT2D eigenvalue weighted by Gasteiger charge is -2.25. The number of benzene rings is 1. The van der Waals surface area contributed by atoms with Gasteiger partial charge in [0.15, 0.2) is 0 Å². The van der Waals surface area contributed by atoms with Gasteiger partial charge in [-0.2, -0.15) is 0 Å². The molecule has 100 valence electrons. The SMILES string of the molecule is CCNC(c1cccc(Cl)c1Cl)C1COC(C)C1. The van der Waals surface area contributed by atoms with Gasteiger partial charge >= 0.3 is 0 Å². The molecule has 1 aliphatic rings. The number of hydrogen-bond donors (Lipinski definition) is 1. The highest BCUT2D eigenvalue weighted by molar-refractivity contribution is 6.42. The van der Waals surface area contributed by atoms with Crippen LogP contribution >= 0.6 is 23.2 Å². The monoisotopic (exact) mass is 287 g/mol. The molecule has 2 rings (SSSR count). The van der Waals surface area contributed by atoms with E-state index in [9.17, 15) is 0 Å². The molecule has 3 unspecified atom stereocenters. The van der Waals surface area contributed by atoms with Gasteiger partial charge in [-0.3, -0.25) is 0 Å². The zero-order valence-electron chi connectivity index (χ0n) is 10.7. The Kier molecular flexibility index (Phi) is 4.91. The van der Waals surface area contributed by atoms with Gasteiger partial charge in [-0.15, -0.1) is 0 Å². The van der Waals surface area contributed by atoms with E-state index in [0.717, 1.165) is 25.1 Å². The van der Waals surface area contributed by atoms with Gasteiger partial charge in [-0.25, -0.2) is 0 Å². The smallest absolute Gasteiger partial charge is 0.0640 e. The average molecular weight is 288 g/mol. The van der Waals surface area contributed by atoms with Gasteiger partial charge in [0.25, 0.3) is 0 Å². The summed E-state index contributed by atoms with van der Waals surface area (Å²) in [5.41, 5.74) is 1.08. The van der Waals surface area contributed by atoms with Crippen LogP contribution in [0.5, 0.6) is 0 Å². The molecule has 0 aliphatic carbocycles. The molecule has 18 heavy (non-hydrogen) atoms. The summed E-state index contributed by atoms with van der Waals surface area (Å²) < 4.78 is 5.67. The second-order valence-corrected chi connectivity index (χ2v) is 5.60. The van der Waals surface area contributed by atoms with Crippen molar-refractivity contribution in [1.82, 2.24) is 5.32 Å². The van der Waals surface area contributed by atoms with Gasteiger partial charge in [0.1, 0.15) is 0 Å². The third kappa shape index (κ3) is 3.00. The Labute approximate surface area is 119 Å².